The lowest BCUT2D eigenvalue weighted by atomic mass is 9.66. The SMILES string of the molecule is CC1C(C2=CCCC=C2)=NC(c2ccccc2)=C[C@H]1c1ccc(CC2CCCC(C3=CC4=C(CC3)c3ccccc3C4(C)C)[C@H]2C)cc1. The molecule has 4 aliphatic carbocycles. The van der Waals surface area contributed by atoms with Gasteiger partial charge in [0.2, 0.25) is 0 Å². The molecule has 1 nitrogen and oxygen atoms in total. The molecule has 1 fully saturated rings. The zero-order valence-corrected chi connectivity index (χ0v) is 29.4. The number of nitrogens with zero attached hydrogens (tertiary/aromatic N) is 1. The maximum atomic E-state index is 5.27. The average Bonchev–Trinajstić information content (AvgIpc) is 3.36. The zero-order chi connectivity index (χ0) is 32.8. The van der Waals surface area contributed by atoms with Gasteiger partial charge in [0.25, 0.3) is 0 Å². The molecule has 3 unspecified atom stereocenters. The highest BCUT2D eigenvalue weighted by Crippen LogP contribution is 2.53. The number of hydrogen-bond acceptors (Lipinski definition) is 1. The summed E-state index contributed by atoms with van der Waals surface area (Å²) < 4.78 is 0. The lowest BCUT2D eigenvalue weighted by Crippen LogP contribution is -2.30. The number of fused-ring (bicyclic) bond motifs is 2. The predicted octanol–water partition coefficient (Wildman–Crippen LogP) is 12.2. The fraction of sp³-hybridized carbons (Fsp3) is 0.383. The summed E-state index contributed by atoms with van der Waals surface area (Å²) >= 11 is 0. The number of aliphatic imine (C=N–C) groups is 1. The van der Waals surface area contributed by atoms with E-state index in [1.54, 1.807) is 16.7 Å². The molecule has 0 bridgehead atoms. The molecule has 3 aromatic rings. The van der Waals surface area contributed by atoms with Crippen molar-refractivity contribution >= 4 is 17.0 Å². The van der Waals surface area contributed by atoms with Gasteiger partial charge in [-0.25, -0.2) is 0 Å². The van der Waals surface area contributed by atoms with Crippen LogP contribution in [0.1, 0.15) is 106 Å². The Hall–Kier alpha value is -3.97. The smallest absolute Gasteiger partial charge is 0.0672 e. The summed E-state index contributed by atoms with van der Waals surface area (Å²) in [4.78, 5) is 5.27. The summed E-state index contributed by atoms with van der Waals surface area (Å²) in [5.74, 6) is 2.79. The second-order valence-electron chi connectivity index (χ2n) is 15.8. The number of rotatable bonds is 6. The van der Waals surface area contributed by atoms with Gasteiger partial charge >= 0.3 is 0 Å². The topological polar surface area (TPSA) is 12.4 Å². The van der Waals surface area contributed by atoms with Crippen LogP contribution in [0, 0.1) is 23.7 Å². The van der Waals surface area contributed by atoms with Crippen molar-refractivity contribution in [3.63, 3.8) is 0 Å². The number of benzene rings is 3. The van der Waals surface area contributed by atoms with Gasteiger partial charge in [-0.3, -0.25) is 4.99 Å². The molecule has 1 aliphatic heterocycles. The van der Waals surface area contributed by atoms with E-state index in [1.165, 1.54) is 77.6 Å². The van der Waals surface area contributed by atoms with Crippen molar-refractivity contribution in [3.05, 3.63) is 154 Å². The molecular formula is C47H51N. The van der Waals surface area contributed by atoms with Crippen molar-refractivity contribution in [1.82, 2.24) is 0 Å². The van der Waals surface area contributed by atoms with Gasteiger partial charge in [0, 0.05) is 17.3 Å². The number of allylic oxidation sites excluding steroid dienone is 9. The van der Waals surface area contributed by atoms with Crippen molar-refractivity contribution in [2.75, 3.05) is 0 Å². The molecule has 1 heterocycles. The van der Waals surface area contributed by atoms with E-state index in [4.69, 9.17) is 4.99 Å². The van der Waals surface area contributed by atoms with Crippen LogP contribution < -0.4 is 0 Å². The molecule has 0 N–H and O–H groups in total. The molecule has 0 amide bonds. The minimum atomic E-state index is 0.111. The van der Waals surface area contributed by atoms with Crippen LogP contribution in [0.2, 0.25) is 0 Å². The third-order valence-corrected chi connectivity index (χ3v) is 12.6. The van der Waals surface area contributed by atoms with Gasteiger partial charge in [-0.05, 0) is 113 Å². The Morgan fingerprint density at radius 2 is 1.62 bits per heavy atom. The van der Waals surface area contributed by atoms with Gasteiger partial charge in [0.15, 0.2) is 0 Å². The predicted molar refractivity (Wildman–Crippen MR) is 204 cm³/mol. The molecule has 5 atom stereocenters. The van der Waals surface area contributed by atoms with E-state index < -0.39 is 0 Å². The van der Waals surface area contributed by atoms with E-state index in [-0.39, 0.29) is 5.41 Å². The van der Waals surface area contributed by atoms with Crippen molar-refractivity contribution in [2.45, 2.75) is 90.4 Å². The largest absolute Gasteiger partial charge is 0.252 e. The number of hydrogen-bond donors (Lipinski definition) is 0. The molecule has 244 valence electrons. The fourth-order valence-electron chi connectivity index (χ4n) is 9.80. The second-order valence-corrected chi connectivity index (χ2v) is 15.8. The Balaban J connectivity index is 1.01. The van der Waals surface area contributed by atoms with E-state index >= 15 is 0 Å². The highest BCUT2D eigenvalue weighted by atomic mass is 14.8. The maximum absolute atomic E-state index is 5.27. The quantitative estimate of drug-likeness (QED) is 0.257. The molecule has 3 aromatic carbocycles. The normalized spacial score (nSPS) is 27.8. The van der Waals surface area contributed by atoms with Gasteiger partial charge < -0.3 is 0 Å². The Bertz CT molecular complexity index is 1870. The molecular weight excluding hydrogens is 579 g/mol. The standard InChI is InChI=1S/C47H51N/c1-31-37(18-13-20-39(31)38-26-27-41-40-19-11-12-21-43(40)47(3,4)44(41)29-38)28-33-22-24-34(25-23-33)42-30-45(35-14-7-5-8-15-35)48-46(32(42)2)36-16-9-6-10-17-36/h5,7-9,11-12,14-17,19,21-25,29-32,37,39,42H,6,10,13,18,20,26-28H2,1-4H3/t31-,32?,37?,39?,42+/m0/s1. The summed E-state index contributed by atoms with van der Waals surface area (Å²) in [6.45, 7) is 9.81. The van der Waals surface area contributed by atoms with Crippen LogP contribution in [0.15, 0.2) is 131 Å². The molecule has 0 spiro atoms. The monoisotopic (exact) mass is 629 g/mol. The van der Waals surface area contributed by atoms with Crippen molar-refractivity contribution in [2.24, 2.45) is 28.7 Å². The lowest BCUT2D eigenvalue weighted by molar-refractivity contribution is 0.190. The maximum Gasteiger partial charge on any atom is 0.0672 e. The second kappa shape index (κ2) is 12.8. The van der Waals surface area contributed by atoms with Crippen molar-refractivity contribution in [1.29, 1.82) is 0 Å². The molecule has 1 saturated carbocycles. The van der Waals surface area contributed by atoms with Gasteiger partial charge in [0.05, 0.1) is 11.4 Å². The van der Waals surface area contributed by atoms with Crippen LogP contribution in [-0.2, 0) is 11.8 Å². The Labute approximate surface area is 289 Å². The molecule has 0 radical (unpaired) electrons. The third-order valence-electron chi connectivity index (χ3n) is 12.6. The highest BCUT2D eigenvalue weighted by Gasteiger charge is 2.40. The summed E-state index contributed by atoms with van der Waals surface area (Å²) in [5, 5.41) is 0. The van der Waals surface area contributed by atoms with Crippen molar-refractivity contribution < 1.29 is 0 Å². The van der Waals surface area contributed by atoms with Gasteiger partial charge in [-0.1, -0.05) is 143 Å². The van der Waals surface area contributed by atoms with Crippen LogP contribution in [0.5, 0.6) is 0 Å². The first-order valence-electron chi connectivity index (χ1n) is 18.7. The van der Waals surface area contributed by atoms with Crippen LogP contribution in [0.3, 0.4) is 0 Å². The van der Waals surface area contributed by atoms with Crippen LogP contribution in [0.25, 0.3) is 11.3 Å². The Kier molecular flexibility index (Phi) is 8.36. The molecule has 0 aromatic heterocycles. The van der Waals surface area contributed by atoms with E-state index in [1.807, 2.05) is 0 Å². The lowest BCUT2D eigenvalue weighted by Gasteiger charge is -2.39. The third kappa shape index (κ3) is 5.64. The summed E-state index contributed by atoms with van der Waals surface area (Å²) in [5.41, 5.74) is 15.8. The van der Waals surface area contributed by atoms with E-state index in [0.29, 0.717) is 23.7 Å². The van der Waals surface area contributed by atoms with Gasteiger partial charge in [-0.2, -0.15) is 0 Å². The zero-order valence-electron chi connectivity index (χ0n) is 29.4. The molecule has 8 rings (SSSR count). The molecule has 5 aliphatic rings. The van der Waals surface area contributed by atoms with E-state index in [0.717, 1.165) is 24.5 Å². The molecule has 0 saturated heterocycles. The Morgan fingerprint density at radius 3 is 2.42 bits per heavy atom. The Morgan fingerprint density at radius 1 is 0.833 bits per heavy atom. The van der Waals surface area contributed by atoms with E-state index in [2.05, 4.69) is 137 Å². The first-order valence-corrected chi connectivity index (χ1v) is 18.7. The fourth-order valence-corrected chi connectivity index (χ4v) is 9.80. The van der Waals surface area contributed by atoms with Crippen LogP contribution in [-0.4, -0.2) is 5.71 Å². The summed E-state index contributed by atoms with van der Waals surface area (Å²) in [7, 11) is 0. The summed E-state index contributed by atoms with van der Waals surface area (Å²) in [6.07, 6.45) is 22.0. The van der Waals surface area contributed by atoms with E-state index in [9.17, 15) is 0 Å². The minimum Gasteiger partial charge on any atom is -0.252 e. The first kappa shape index (κ1) is 31.3. The average molecular weight is 630 g/mol. The van der Waals surface area contributed by atoms with Gasteiger partial charge in [-0.15, -0.1) is 0 Å². The minimum absolute atomic E-state index is 0.111. The summed E-state index contributed by atoms with van der Waals surface area (Å²) in [6, 6.07) is 29.6. The van der Waals surface area contributed by atoms with Crippen LogP contribution in [0.4, 0.5) is 0 Å². The molecule has 1 heteroatoms. The van der Waals surface area contributed by atoms with Gasteiger partial charge in [0.1, 0.15) is 0 Å². The molecule has 48 heavy (non-hydrogen) atoms. The van der Waals surface area contributed by atoms with Crippen LogP contribution >= 0.6 is 0 Å². The van der Waals surface area contributed by atoms with Crippen molar-refractivity contribution in [3.8, 4) is 0 Å². The highest BCUT2D eigenvalue weighted by molar-refractivity contribution is 6.08. The first-order chi connectivity index (χ1) is 23.4.